The summed E-state index contributed by atoms with van der Waals surface area (Å²) in [5, 5.41) is 7.22. The van der Waals surface area contributed by atoms with Crippen LogP contribution < -0.4 is 10.9 Å². The van der Waals surface area contributed by atoms with Gasteiger partial charge in [-0.25, -0.2) is 4.68 Å². The lowest BCUT2D eigenvalue weighted by Crippen LogP contribution is -2.47. The van der Waals surface area contributed by atoms with Crippen molar-refractivity contribution >= 4 is 5.91 Å². The normalized spacial score (nSPS) is 19.1. The number of likely N-dealkylation sites (tertiary alicyclic amines) is 1. The van der Waals surface area contributed by atoms with Crippen molar-refractivity contribution in [3.05, 3.63) is 63.6 Å². The van der Waals surface area contributed by atoms with Crippen molar-refractivity contribution in [2.24, 2.45) is 0 Å². The van der Waals surface area contributed by atoms with Crippen molar-refractivity contribution in [1.29, 1.82) is 0 Å². The minimum Gasteiger partial charge on any atom is -0.352 e. The summed E-state index contributed by atoms with van der Waals surface area (Å²) in [5.74, 6) is -0.137. The zero-order valence-electron chi connectivity index (χ0n) is 17.4. The second-order valence-electron chi connectivity index (χ2n) is 8.73. The van der Waals surface area contributed by atoms with Gasteiger partial charge in [0.1, 0.15) is 6.54 Å². The lowest BCUT2D eigenvalue weighted by atomic mass is 9.93. The molecule has 1 amide bonds. The molecule has 1 aliphatic carbocycles. The summed E-state index contributed by atoms with van der Waals surface area (Å²) in [6.07, 6.45) is 4.44. The highest BCUT2D eigenvalue weighted by Crippen LogP contribution is 2.49. The maximum atomic E-state index is 12.4. The summed E-state index contributed by atoms with van der Waals surface area (Å²) in [6, 6.07) is 12.3. The van der Waals surface area contributed by atoms with Gasteiger partial charge < -0.3 is 10.2 Å². The van der Waals surface area contributed by atoms with E-state index < -0.39 is 0 Å². The van der Waals surface area contributed by atoms with Crippen molar-refractivity contribution in [2.75, 3.05) is 19.6 Å². The molecular weight excluding hydrogens is 364 g/mol. The zero-order chi connectivity index (χ0) is 20.4. The van der Waals surface area contributed by atoms with E-state index >= 15 is 0 Å². The van der Waals surface area contributed by atoms with Gasteiger partial charge >= 0.3 is 0 Å². The van der Waals surface area contributed by atoms with E-state index in [1.54, 1.807) is 6.07 Å². The number of benzene rings is 1. The van der Waals surface area contributed by atoms with Gasteiger partial charge in [-0.3, -0.25) is 9.59 Å². The summed E-state index contributed by atoms with van der Waals surface area (Å²) < 4.78 is 1.23. The maximum absolute atomic E-state index is 12.4. The third kappa shape index (κ3) is 4.75. The van der Waals surface area contributed by atoms with E-state index in [2.05, 4.69) is 46.5 Å². The fraction of sp³-hybridized carbons (Fsp3) is 0.522. The highest BCUT2D eigenvalue weighted by molar-refractivity contribution is 5.75. The number of rotatable bonds is 6. The number of hydrogen-bond donors (Lipinski definition) is 1. The molecule has 4 rings (SSSR count). The molecule has 1 aromatic heterocycles. The molecular formula is C23H30N4O2. The minimum absolute atomic E-state index is 0.0166. The second kappa shape index (κ2) is 8.11. The first-order chi connectivity index (χ1) is 13.9. The van der Waals surface area contributed by atoms with Crippen LogP contribution in [0.2, 0.25) is 0 Å². The van der Waals surface area contributed by atoms with Gasteiger partial charge in [0.2, 0.25) is 5.91 Å². The van der Waals surface area contributed by atoms with Crippen LogP contribution in [0.1, 0.15) is 42.5 Å². The third-order valence-electron chi connectivity index (χ3n) is 6.29. The number of aromatic nitrogens is 2. The summed E-state index contributed by atoms with van der Waals surface area (Å²) in [5.41, 5.74) is 3.60. The molecule has 0 radical (unpaired) electrons. The molecule has 6 heteroatoms. The molecule has 2 aliphatic rings. The SMILES string of the molecule is Cc1ccc(C2(CN3CCC(NC(=O)Cn4nc(C)ccc4=O)CC3)CC2)cc1. The van der Waals surface area contributed by atoms with Crippen LogP contribution in [0.3, 0.4) is 0 Å². The number of hydrogen-bond acceptors (Lipinski definition) is 4. The molecule has 0 bridgehead atoms. The van der Waals surface area contributed by atoms with Crippen LogP contribution in [0, 0.1) is 13.8 Å². The van der Waals surface area contributed by atoms with Gasteiger partial charge in [0, 0.05) is 37.2 Å². The Hall–Kier alpha value is -2.47. The molecule has 2 heterocycles. The van der Waals surface area contributed by atoms with Gasteiger partial charge in [0.25, 0.3) is 5.56 Å². The Kier molecular flexibility index (Phi) is 5.54. The number of carbonyl (C=O) groups is 1. The summed E-state index contributed by atoms with van der Waals surface area (Å²) in [4.78, 5) is 26.7. The highest BCUT2D eigenvalue weighted by Gasteiger charge is 2.45. The van der Waals surface area contributed by atoms with Crippen LogP contribution in [0.25, 0.3) is 0 Å². The van der Waals surface area contributed by atoms with Crippen LogP contribution in [0.5, 0.6) is 0 Å². The standard InChI is InChI=1S/C23H30N4O2/c1-17-3-6-19(7-4-17)23(11-12-23)16-26-13-9-20(10-14-26)24-21(28)15-27-22(29)8-5-18(2)25-27/h3-8,20H,9-16H2,1-2H3,(H,24,28). The largest absolute Gasteiger partial charge is 0.352 e. The van der Waals surface area contributed by atoms with Crippen LogP contribution in [-0.2, 0) is 16.8 Å². The maximum Gasteiger partial charge on any atom is 0.267 e. The van der Waals surface area contributed by atoms with Gasteiger partial charge in [-0.2, -0.15) is 5.10 Å². The first-order valence-corrected chi connectivity index (χ1v) is 10.6. The lowest BCUT2D eigenvalue weighted by Gasteiger charge is -2.35. The van der Waals surface area contributed by atoms with Crippen LogP contribution in [-0.4, -0.2) is 46.3 Å². The number of nitrogens with zero attached hydrogens (tertiary/aromatic N) is 3. The van der Waals surface area contributed by atoms with Crippen LogP contribution >= 0.6 is 0 Å². The quantitative estimate of drug-likeness (QED) is 0.815. The van der Waals surface area contributed by atoms with E-state index in [4.69, 9.17) is 0 Å². The van der Waals surface area contributed by atoms with Crippen molar-refractivity contribution in [3.63, 3.8) is 0 Å². The average Bonchev–Trinajstić information content (AvgIpc) is 3.47. The molecule has 29 heavy (non-hydrogen) atoms. The van der Waals surface area contributed by atoms with Gasteiger partial charge in [-0.05, 0) is 51.2 Å². The Morgan fingerprint density at radius 3 is 2.45 bits per heavy atom. The van der Waals surface area contributed by atoms with E-state index in [-0.39, 0.29) is 24.1 Å². The minimum atomic E-state index is -0.244. The number of aryl methyl sites for hydroxylation is 2. The van der Waals surface area contributed by atoms with E-state index in [1.807, 2.05) is 6.92 Å². The first kappa shape index (κ1) is 19.8. The molecule has 0 atom stereocenters. The molecule has 1 saturated carbocycles. The number of piperidine rings is 1. The molecule has 6 nitrogen and oxygen atoms in total. The number of nitrogens with one attached hydrogen (secondary N) is 1. The summed E-state index contributed by atoms with van der Waals surface area (Å²) in [7, 11) is 0. The van der Waals surface area contributed by atoms with Gasteiger partial charge in [-0.15, -0.1) is 0 Å². The fourth-order valence-corrected chi connectivity index (χ4v) is 4.33. The first-order valence-electron chi connectivity index (χ1n) is 10.6. The molecule has 154 valence electrons. The molecule has 0 spiro atoms. The van der Waals surface area contributed by atoms with Crippen LogP contribution in [0.4, 0.5) is 0 Å². The Bertz CT molecular complexity index is 923. The van der Waals surface area contributed by atoms with Crippen molar-refractivity contribution in [3.8, 4) is 0 Å². The van der Waals surface area contributed by atoms with E-state index in [9.17, 15) is 9.59 Å². The number of amides is 1. The lowest BCUT2D eigenvalue weighted by molar-refractivity contribution is -0.123. The topological polar surface area (TPSA) is 67.2 Å². The zero-order valence-corrected chi connectivity index (χ0v) is 17.4. The highest BCUT2D eigenvalue weighted by atomic mass is 16.2. The second-order valence-corrected chi connectivity index (χ2v) is 8.73. The van der Waals surface area contributed by atoms with E-state index in [0.717, 1.165) is 38.2 Å². The Morgan fingerprint density at radius 1 is 1.10 bits per heavy atom. The average molecular weight is 395 g/mol. The monoisotopic (exact) mass is 394 g/mol. The Balaban J connectivity index is 1.26. The molecule has 1 aliphatic heterocycles. The van der Waals surface area contributed by atoms with Gasteiger partial charge in [0.05, 0.1) is 5.69 Å². The molecule has 1 N–H and O–H groups in total. The van der Waals surface area contributed by atoms with E-state index in [1.165, 1.54) is 34.7 Å². The predicted octanol–water partition coefficient (Wildman–Crippen LogP) is 2.17. The van der Waals surface area contributed by atoms with Crippen molar-refractivity contribution in [2.45, 2.75) is 57.5 Å². The van der Waals surface area contributed by atoms with Crippen molar-refractivity contribution < 1.29 is 4.79 Å². The van der Waals surface area contributed by atoms with Gasteiger partial charge in [-0.1, -0.05) is 29.8 Å². The fourth-order valence-electron chi connectivity index (χ4n) is 4.33. The summed E-state index contributed by atoms with van der Waals surface area (Å²) >= 11 is 0. The Labute approximate surface area is 171 Å². The number of carbonyl (C=O) groups excluding carboxylic acids is 1. The molecule has 2 fully saturated rings. The van der Waals surface area contributed by atoms with Crippen LogP contribution in [0.15, 0.2) is 41.2 Å². The van der Waals surface area contributed by atoms with Crippen molar-refractivity contribution in [1.82, 2.24) is 20.0 Å². The molecule has 2 aromatic rings. The molecule has 1 saturated heterocycles. The smallest absolute Gasteiger partial charge is 0.267 e. The Morgan fingerprint density at radius 2 is 1.79 bits per heavy atom. The predicted molar refractivity (Wildman–Crippen MR) is 113 cm³/mol. The molecule has 0 unspecified atom stereocenters. The summed E-state index contributed by atoms with van der Waals surface area (Å²) in [6.45, 7) is 7.04. The van der Waals surface area contributed by atoms with Gasteiger partial charge in [0.15, 0.2) is 0 Å². The third-order valence-corrected chi connectivity index (χ3v) is 6.29. The van der Waals surface area contributed by atoms with E-state index in [0.29, 0.717) is 5.41 Å². The molecule has 1 aromatic carbocycles.